The molecule has 0 fully saturated rings. The van der Waals surface area contributed by atoms with Crippen molar-refractivity contribution in [2.75, 3.05) is 0 Å². The molecule has 5 heteroatoms. The van der Waals surface area contributed by atoms with Crippen molar-refractivity contribution in [3.05, 3.63) is 29.3 Å². The fourth-order valence-electron chi connectivity index (χ4n) is 1.44. The molecule has 1 unspecified atom stereocenters. The molecule has 0 radical (unpaired) electrons. The second-order valence-corrected chi connectivity index (χ2v) is 5.26. The molecule has 1 heterocycles. The van der Waals surface area contributed by atoms with Crippen molar-refractivity contribution >= 4 is 6.09 Å². The lowest BCUT2D eigenvalue weighted by Crippen LogP contribution is -2.34. The molecule has 1 rings (SSSR count). The van der Waals surface area contributed by atoms with Gasteiger partial charge in [-0.25, -0.2) is 9.78 Å². The number of amides is 1. The van der Waals surface area contributed by atoms with Gasteiger partial charge in [0.25, 0.3) is 0 Å². The average Bonchev–Trinajstić information content (AvgIpc) is 2.18. The highest BCUT2D eigenvalue weighted by atomic mass is 19.1. The summed E-state index contributed by atoms with van der Waals surface area (Å²) in [5, 5.41) is 2.58. The molecule has 0 aliphatic heterocycles. The van der Waals surface area contributed by atoms with E-state index >= 15 is 0 Å². The van der Waals surface area contributed by atoms with Crippen LogP contribution in [0.25, 0.3) is 0 Å². The zero-order chi connectivity index (χ0) is 13.9. The Hall–Kier alpha value is -1.65. The molecule has 1 amide bonds. The van der Waals surface area contributed by atoms with E-state index in [4.69, 9.17) is 4.74 Å². The largest absolute Gasteiger partial charge is 0.444 e. The SMILES string of the molecule is Cc1cnc(F)c(C(C)NC(=O)OC(C)(C)C)c1. The third-order valence-electron chi connectivity index (χ3n) is 2.20. The van der Waals surface area contributed by atoms with Crippen LogP contribution in [0.5, 0.6) is 0 Å². The first kappa shape index (κ1) is 14.4. The first-order chi connectivity index (χ1) is 8.19. The smallest absolute Gasteiger partial charge is 0.408 e. The highest BCUT2D eigenvalue weighted by molar-refractivity contribution is 5.68. The Morgan fingerprint density at radius 1 is 1.50 bits per heavy atom. The number of carbonyl (C=O) groups is 1. The highest BCUT2D eigenvalue weighted by Gasteiger charge is 2.20. The van der Waals surface area contributed by atoms with Crippen LogP contribution in [0.3, 0.4) is 0 Å². The molecule has 0 aliphatic carbocycles. The lowest BCUT2D eigenvalue weighted by Gasteiger charge is -2.22. The number of carbonyl (C=O) groups excluding carboxylic acids is 1. The van der Waals surface area contributed by atoms with Gasteiger partial charge in [0.15, 0.2) is 0 Å². The van der Waals surface area contributed by atoms with Crippen LogP contribution in [-0.4, -0.2) is 16.7 Å². The fraction of sp³-hybridized carbons (Fsp3) is 0.538. The van der Waals surface area contributed by atoms with Gasteiger partial charge in [-0.3, -0.25) is 0 Å². The number of pyridine rings is 1. The molecular formula is C13H19FN2O2. The Morgan fingerprint density at radius 2 is 2.11 bits per heavy atom. The standard InChI is InChI=1S/C13H19FN2O2/c1-8-6-10(11(14)15-7-8)9(2)16-12(17)18-13(3,4)5/h6-7,9H,1-5H3,(H,16,17). The summed E-state index contributed by atoms with van der Waals surface area (Å²) >= 11 is 0. The number of aromatic nitrogens is 1. The van der Waals surface area contributed by atoms with Crippen LogP contribution in [0.1, 0.15) is 44.9 Å². The molecule has 0 aromatic carbocycles. The fourth-order valence-corrected chi connectivity index (χ4v) is 1.44. The number of nitrogens with zero attached hydrogens (tertiary/aromatic N) is 1. The van der Waals surface area contributed by atoms with E-state index in [0.717, 1.165) is 5.56 Å². The van der Waals surface area contributed by atoms with Crippen LogP contribution in [0.4, 0.5) is 9.18 Å². The zero-order valence-electron chi connectivity index (χ0n) is 11.4. The van der Waals surface area contributed by atoms with Crippen molar-refractivity contribution in [1.82, 2.24) is 10.3 Å². The number of hydrogen-bond acceptors (Lipinski definition) is 3. The molecule has 18 heavy (non-hydrogen) atoms. The molecule has 0 spiro atoms. The van der Waals surface area contributed by atoms with E-state index in [1.54, 1.807) is 33.8 Å². The number of ether oxygens (including phenoxy) is 1. The van der Waals surface area contributed by atoms with Crippen molar-refractivity contribution in [2.45, 2.75) is 46.3 Å². The van der Waals surface area contributed by atoms with Crippen LogP contribution in [-0.2, 0) is 4.74 Å². The number of nitrogens with one attached hydrogen (secondary N) is 1. The number of hydrogen-bond donors (Lipinski definition) is 1. The van der Waals surface area contributed by atoms with E-state index in [9.17, 15) is 9.18 Å². The van der Waals surface area contributed by atoms with Gasteiger partial charge >= 0.3 is 6.09 Å². The summed E-state index contributed by atoms with van der Waals surface area (Å²) < 4.78 is 18.6. The Bertz CT molecular complexity index is 441. The Morgan fingerprint density at radius 3 is 2.67 bits per heavy atom. The van der Waals surface area contributed by atoms with Gasteiger partial charge in [0, 0.05) is 11.8 Å². The van der Waals surface area contributed by atoms with Crippen LogP contribution in [0, 0.1) is 12.9 Å². The van der Waals surface area contributed by atoms with Crippen molar-refractivity contribution in [2.24, 2.45) is 0 Å². The van der Waals surface area contributed by atoms with Crippen molar-refractivity contribution in [3.63, 3.8) is 0 Å². The van der Waals surface area contributed by atoms with Crippen LogP contribution in [0.15, 0.2) is 12.3 Å². The first-order valence-corrected chi connectivity index (χ1v) is 5.80. The van der Waals surface area contributed by atoms with E-state index in [2.05, 4.69) is 10.3 Å². The van der Waals surface area contributed by atoms with Crippen molar-refractivity contribution < 1.29 is 13.9 Å². The summed E-state index contributed by atoms with van der Waals surface area (Å²) in [6.07, 6.45) is 0.870. The van der Waals surface area contributed by atoms with Gasteiger partial charge in [-0.05, 0) is 46.2 Å². The number of alkyl carbamates (subject to hydrolysis) is 1. The molecule has 0 aliphatic rings. The summed E-state index contributed by atoms with van der Waals surface area (Å²) in [7, 11) is 0. The molecule has 1 aromatic rings. The lowest BCUT2D eigenvalue weighted by atomic mass is 10.1. The van der Waals surface area contributed by atoms with E-state index < -0.39 is 23.7 Å². The van der Waals surface area contributed by atoms with E-state index in [-0.39, 0.29) is 0 Å². The Labute approximate surface area is 107 Å². The molecule has 100 valence electrons. The topological polar surface area (TPSA) is 51.2 Å². The summed E-state index contributed by atoms with van der Waals surface area (Å²) in [5.41, 5.74) is 0.609. The predicted octanol–water partition coefficient (Wildman–Crippen LogP) is 3.11. The molecule has 1 aromatic heterocycles. The Kier molecular flexibility index (Phi) is 4.27. The first-order valence-electron chi connectivity index (χ1n) is 5.80. The molecule has 4 nitrogen and oxygen atoms in total. The van der Waals surface area contributed by atoms with E-state index in [1.165, 1.54) is 6.20 Å². The normalized spacial score (nSPS) is 13.0. The maximum atomic E-state index is 13.5. The maximum Gasteiger partial charge on any atom is 0.408 e. The minimum Gasteiger partial charge on any atom is -0.444 e. The summed E-state index contributed by atoms with van der Waals surface area (Å²) in [6.45, 7) is 8.81. The van der Waals surface area contributed by atoms with Gasteiger partial charge < -0.3 is 10.1 Å². The van der Waals surface area contributed by atoms with Gasteiger partial charge in [0.05, 0.1) is 6.04 Å². The molecule has 0 bridgehead atoms. The summed E-state index contributed by atoms with van der Waals surface area (Å²) in [6, 6.07) is 1.16. The Balaban J connectivity index is 2.73. The van der Waals surface area contributed by atoms with Crippen LogP contribution < -0.4 is 5.32 Å². The number of rotatable bonds is 2. The lowest BCUT2D eigenvalue weighted by molar-refractivity contribution is 0.0507. The molecule has 0 saturated carbocycles. The average molecular weight is 254 g/mol. The van der Waals surface area contributed by atoms with Gasteiger partial charge in [-0.2, -0.15) is 4.39 Å². The highest BCUT2D eigenvalue weighted by Crippen LogP contribution is 2.17. The second-order valence-electron chi connectivity index (χ2n) is 5.26. The molecule has 1 N–H and O–H groups in total. The predicted molar refractivity (Wildman–Crippen MR) is 66.7 cm³/mol. The minimum atomic E-state index is -0.579. The monoisotopic (exact) mass is 254 g/mol. The van der Waals surface area contributed by atoms with Crippen molar-refractivity contribution in [1.29, 1.82) is 0 Å². The van der Waals surface area contributed by atoms with Gasteiger partial charge in [-0.15, -0.1) is 0 Å². The number of halogens is 1. The maximum absolute atomic E-state index is 13.5. The van der Waals surface area contributed by atoms with Crippen LogP contribution >= 0.6 is 0 Å². The van der Waals surface area contributed by atoms with Gasteiger partial charge in [0.2, 0.25) is 5.95 Å². The third-order valence-corrected chi connectivity index (χ3v) is 2.20. The number of aryl methyl sites for hydroxylation is 1. The second kappa shape index (κ2) is 5.33. The van der Waals surface area contributed by atoms with Crippen molar-refractivity contribution in [3.8, 4) is 0 Å². The summed E-state index contributed by atoms with van der Waals surface area (Å²) in [5.74, 6) is -0.579. The summed E-state index contributed by atoms with van der Waals surface area (Å²) in [4.78, 5) is 15.2. The van der Waals surface area contributed by atoms with Crippen LogP contribution in [0.2, 0.25) is 0 Å². The third kappa shape index (κ3) is 4.31. The minimum absolute atomic E-state index is 0.348. The quantitative estimate of drug-likeness (QED) is 0.825. The van der Waals surface area contributed by atoms with Gasteiger partial charge in [0.1, 0.15) is 5.60 Å². The molecule has 0 saturated heterocycles. The van der Waals surface area contributed by atoms with Gasteiger partial charge in [-0.1, -0.05) is 0 Å². The molecule has 1 atom stereocenters. The van der Waals surface area contributed by atoms with E-state index in [0.29, 0.717) is 5.56 Å². The zero-order valence-corrected chi connectivity index (χ0v) is 11.4. The van der Waals surface area contributed by atoms with E-state index in [1.807, 2.05) is 6.92 Å². The molecular weight excluding hydrogens is 235 g/mol.